The summed E-state index contributed by atoms with van der Waals surface area (Å²) < 4.78 is 7.28. The molecule has 3 amide bonds. The highest BCUT2D eigenvalue weighted by molar-refractivity contribution is 5.96. The third-order valence-corrected chi connectivity index (χ3v) is 4.91. The van der Waals surface area contributed by atoms with Gasteiger partial charge in [0.15, 0.2) is 0 Å². The monoisotopic (exact) mass is 343 g/mol. The Labute approximate surface area is 145 Å². The highest BCUT2D eigenvalue weighted by Gasteiger charge is 2.35. The molecule has 0 saturated carbocycles. The number of urea groups is 1. The summed E-state index contributed by atoms with van der Waals surface area (Å²) in [7, 11) is 1.79. The maximum Gasteiger partial charge on any atom is 0.324 e. The second-order valence-electron chi connectivity index (χ2n) is 6.73. The maximum absolute atomic E-state index is 12.5. The van der Waals surface area contributed by atoms with E-state index in [1.807, 2.05) is 17.8 Å². The molecule has 132 valence electrons. The van der Waals surface area contributed by atoms with E-state index in [1.54, 1.807) is 40.9 Å². The van der Waals surface area contributed by atoms with E-state index in [9.17, 15) is 9.59 Å². The van der Waals surface area contributed by atoms with E-state index in [-0.39, 0.29) is 18.0 Å². The van der Waals surface area contributed by atoms with Crippen LogP contribution < -0.4 is 4.90 Å². The van der Waals surface area contributed by atoms with Crippen molar-refractivity contribution < 1.29 is 14.0 Å². The fourth-order valence-electron chi connectivity index (χ4n) is 3.36. The number of aromatic nitrogens is 2. The number of anilines is 1. The second kappa shape index (κ2) is 5.65. The van der Waals surface area contributed by atoms with Crippen molar-refractivity contribution in [3.05, 3.63) is 35.5 Å². The summed E-state index contributed by atoms with van der Waals surface area (Å²) in [6, 6.07) is 1.92. The summed E-state index contributed by atoms with van der Waals surface area (Å²) in [5, 5.41) is 4.38. The van der Waals surface area contributed by atoms with Gasteiger partial charge in [0.25, 0.3) is 5.91 Å². The van der Waals surface area contributed by atoms with E-state index >= 15 is 0 Å². The van der Waals surface area contributed by atoms with Crippen LogP contribution in [0.2, 0.25) is 0 Å². The first-order valence-corrected chi connectivity index (χ1v) is 8.37. The number of aryl methyl sites for hydroxylation is 2. The Morgan fingerprint density at radius 2 is 2.04 bits per heavy atom. The molecule has 4 rings (SSSR count). The van der Waals surface area contributed by atoms with Crippen LogP contribution in [0.1, 0.15) is 27.9 Å². The minimum Gasteiger partial charge on any atom is -0.466 e. The quantitative estimate of drug-likeness (QED) is 0.849. The molecule has 0 spiro atoms. The molecule has 0 bridgehead atoms. The lowest BCUT2D eigenvalue weighted by Crippen LogP contribution is -2.50. The number of carbonyl (C=O) groups excluding carboxylic acids is 2. The van der Waals surface area contributed by atoms with E-state index in [0.717, 1.165) is 18.0 Å². The van der Waals surface area contributed by atoms with Crippen molar-refractivity contribution in [3.63, 3.8) is 0 Å². The van der Waals surface area contributed by atoms with Crippen LogP contribution in [0.4, 0.5) is 10.5 Å². The summed E-state index contributed by atoms with van der Waals surface area (Å²) >= 11 is 0. The SMILES string of the molecule is Cc1cc(C(=O)N2CC(n3cc(N4CCN(C)C4=O)cn3)C2)c(C)o1. The number of furan rings is 1. The maximum atomic E-state index is 12.5. The molecule has 8 nitrogen and oxygen atoms in total. The van der Waals surface area contributed by atoms with Crippen LogP contribution in [0.25, 0.3) is 0 Å². The predicted molar refractivity (Wildman–Crippen MR) is 90.7 cm³/mol. The molecule has 8 heteroatoms. The van der Waals surface area contributed by atoms with Crippen molar-refractivity contribution in [2.45, 2.75) is 19.9 Å². The van der Waals surface area contributed by atoms with Gasteiger partial charge in [-0.3, -0.25) is 14.4 Å². The molecular weight excluding hydrogens is 322 g/mol. The fourth-order valence-corrected chi connectivity index (χ4v) is 3.36. The van der Waals surface area contributed by atoms with Crippen LogP contribution in [-0.4, -0.2) is 64.7 Å². The number of hydrogen-bond donors (Lipinski definition) is 0. The lowest BCUT2D eigenvalue weighted by atomic mass is 10.1. The molecule has 2 aliphatic rings. The van der Waals surface area contributed by atoms with E-state index < -0.39 is 0 Å². The van der Waals surface area contributed by atoms with Gasteiger partial charge in [0, 0.05) is 39.4 Å². The molecule has 4 heterocycles. The first-order valence-electron chi connectivity index (χ1n) is 8.37. The lowest BCUT2D eigenvalue weighted by Gasteiger charge is -2.39. The summed E-state index contributed by atoms with van der Waals surface area (Å²) in [4.78, 5) is 29.8. The van der Waals surface area contributed by atoms with Crippen LogP contribution in [0.3, 0.4) is 0 Å². The molecule has 2 fully saturated rings. The minimum atomic E-state index is -0.00525. The molecule has 2 saturated heterocycles. The normalized spacial score (nSPS) is 18.2. The van der Waals surface area contributed by atoms with Gasteiger partial charge in [-0.2, -0.15) is 5.10 Å². The molecule has 0 aromatic carbocycles. The predicted octanol–water partition coefficient (Wildman–Crippen LogP) is 1.66. The largest absolute Gasteiger partial charge is 0.466 e. The second-order valence-corrected chi connectivity index (χ2v) is 6.73. The van der Waals surface area contributed by atoms with E-state index in [0.29, 0.717) is 31.0 Å². The standard InChI is InChI=1S/C17H21N5O3/c1-11-6-15(12(2)25-11)16(23)20-8-14(9-20)22-10-13(7-18-22)21-5-4-19(3)17(21)24/h6-7,10,14H,4-5,8-9H2,1-3H3. The minimum absolute atomic E-state index is 0.00392. The average molecular weight is 343 g/mol. The van der Waals surface area contributed by atoms with Crippen molar-refractivity contribution in [1.82, 2.24) is 19.6 Å². The molecule has 2 aromatic rings. The van der Waals surface area contributed by atoms with Gasteiger partial charge in [0.2, 0.25) is 0 Å². The molecule has 25 heavy (non-hydrogen) atoms. The van der Waals surface area contributed by atoms with Gasteiger partial charge in [-0.1, -0.05) is 0 Å². The van der Waals surface area contributed by atoms with Gasteiger partial charge in [-0.25, -0.2) is 4.79 Å². The lowest BCUT2D eigenvalue weighted by molar-refractivity contribution is 0.0500. The molecular formula is C17H21N5O3. The summed E-state index contributed by atoms with van der Waals surface area (Å²) in [5.74, 6) is 1.40. The highest BCUT2D eigenvalue weighted by atomic mass is 16.3. The Morgan fingerprint density at radius 1 is 1.28 bits per heavy atom. The van der Waals surface area contributed by atoms with Gasteiger partial charge >= 0.3 is 6.03 Å². The Morgan fingerprint density at radius 3 is 2.64 bits per heavy atom. The number of likely N-dealkylation sites (N-methyl/N-ethyl adjacent to an activating group) is 1. The Hall–Kier alpha value is -2.77. The fraction of sp³-hybridized carbons (Fsp3) is 0.471. The number of nitrogens with zero attached hydrogens (tertiary/aromatic N) is 5. The molecule has 0 aliphatic carbocycles. The zero-order chi connectivity index (χ0) is 17.7. The van der Waals surface area contributed by atoms with Crippen molar-refractivity contribution in [2.24, 2.45) is 0 Å². The van der Waals surface area contributed by atoms with Gasteiger partial charge in [-0.15, -0.1) is 0 Å². The molecule has 0 unspecified atom stereocenters. The molecule has 2 aromatic heterocycles. The first-order chi connectivity index (χ1) is 11.9. The Kier molecular flexibility index (Phi) is 3.55. The van der Waals surface area contributed by atoms with Crippen LogP contribution >= 0.6 is 0 Å². The molecule has 2 aliphatic heterocycles. The van der Waals surface area contributed by atoms with Crippen LogP contribution in [0.15, 0.2) is 22.9 Å². The number of carbonyl (C=O) groups is 2. The third-order valence-electron chi connectivity index (χ3n) is 4.91. The van der Waals surface area contributed by atoms with Crippen molar-refractivity contribution in [2.75, 3.05) is 38.1 Å². The van der Waals surface area contributed by atoms with E-state index in [2.05, 4.69) is 5.10 Å². The van der Waals surface area contributed by atoms with Crippen LogP contribution in [-0.2, 0) is 0 Å². The summed E-state index contributed by atoms with van der Waals surface area (Å²) in [6.45, 7) is 6.26. The van der Waals surface area contributed by atoms with Gasteiger partial charge in [-0.05, 0) is 19.9 Å². The molecule has 0 atom stereocenters. The Bertz CT molecular complexity index is 833. The number of hydrogen-bond acceptors (Lipinski definition) is 4. The van der Waals surface area contributed by atoms with E-state index in [1.165, 1.54) is 0 Å². The Balaban J connectivity index is 1.40. The van der Waals surface area contributed by atoms with E-state index in [4.69, 9.17) is 4.42 Å². The van der Waals surface area contributed by atoms with Gasteiger partial charge < -0.3 is 14.2 Å². The van der Waals surface area contributed by atoms with Crippen LogP contribution in [0, 0.1) is 13.8 Å². The zero-order valence-electron chi connectivity index (χ0n) is 14.6. The number of amides is 3. The van der Waals surface area contributed by atoms with Gasteiger partial charge in [0.05, 0.1) is 23.5 Å². The van der Waals surface area contributed by atoms with Gasteiger partial charge in [0.1, 0.15) is 11.5 Å². The first kappa shape index (κ1) is 15.7. The van der Waals surface area contributed by atoms with Crippen LogP contribution in [0.5, 0.6) is 0 Å². The average Bonchev–Trinajstić information content (AvgIpc) is 3.19. The third kappa shape index (κ3) is 2.57. The zero-order valence-corrected chi connectivity index (χ0v) is 14.6. The van der Waals surface area contributed by atoms with Crippen molar-refractivity contribution in [1.29, 1.82) is 0 Å². The van der Waals surface area contributed by atoms with Crippen molar-refractivity contribution in [3.8, 4) is 0 Å². The molecule has 0 radical (unpaired) electrons. The van der Waals surface area contributed by atoms with Crippen molar-refractivity contribution >= 4 is 17.6 Å². The summed E-state index contributed by atoms with van der Waals surface area (Å²) in [5.41, 5.74) is 1.43. The number of rotatable bonds is 3. The topological polar surface area (TPSA) is 74.8 Å². The number of likely N-dealkylation sites (tertiary alicyclic amines) is 1. The highest BCUT2D eigenvalue weighted by Crippen LogP contribution is 2.27. The molecule has 0 N–H and O–H groups in total. The summed E-state index contributed by atoms with van der Waals surface area (Å²) in [6.07, 6.45) is 3.60. The smallest absolute Gasteiger partial charge is 0.324 e.